The van der Waals surface area contributed by atoms with Crippen molar-refractivity contribution < 1.29 is 18.3 Å². The Labute approximate surface area is 201 Å². The summed E-state index contributed by atoms with van der Waals surface area (Å²) < 4.78 is 28.8. The number of carbonyl (C=O) groups is 1. The smallest absolute Gasteiger partial charge is 0.387 e. The molecule has 0 radical (unpaired) electrons. The molecule has 3 aromatic heterocycles. The number of rotatable bonds is 7. The SMILES string of the molecule is CC1(C)c2cccnc2C(=O)N1c1ccc(N[C@H]2CC[C@H](Nc3ncc(OC(F)F)cn3)C2)nc1. The highest BCUT2D eigenvalue weighted by Crippen LogP contribution is 2.40. The minimum Gasteiger partial charge on any atom is -0.432 e. The van der Waals surface area contributed by atoms with Crippen molar-refractivity contribution in [3.05, 3.63) is 60.3 Å². The number of carbonyl (C=O) groups excluding carboxylic acids is 1. The van der Waals surface area contributed by atoms with E-state index in [0.717, 1.165) is 30.6 Å². The fourth-order valence-corrected chi connectivity index (χ4v) is 4.78. The third-order valence-corrected chi connectivity index (χ3v) is 6.41. The van der Waals surface area contributed by atoms with E-state index in [2.05, 4.69) is 35.3 Å². The summed E-state index contributed by atoms with van der Waals surface area (Å²) in [5, 5.41) is 6.67. The van der Waals surface area contributed by atoms with E-state index in [4.69, 9.17) is 0 Å². The molecular formula is C24H25F2N7O2. The molecule has 0 unspecified atom stereocenters. The number of alkyl halides is 2. The summed E-state index contributed by atoms with van der Waals surface area (Å²) in [5.74, 6) is 0.886. The lowest BCUT2D eigenvalue weighted by Crippen LogP contribution is -2.39. The topological polar surface area (TPSA) is 105 Å². The van der Waals surface area contributed by atoms with Gasteiger partial charge in [-0.25, -0.2) is 15.0 Å². The summed E-state index contributed by atoms with van der Waals surface area (Å²) in [4.78, 5) is 31.6. The Morgan fingerprint density at radius 3 is 2.43 bits per heavy atom. The molecule has 35 heavy (non-hydrogen) atoms. The molecule has 9 nitrogen and oxygen atoms in total. The van der Waals surface area contributed by atoms with Gasteiger partial charge in [-0.2, -0.15) is 8.78 Å². The number of aromatic nitrogens is 4. The van der Waals surface area contributed by atoms with E-state index in [9.17, 15) is 13.6 Å². The van der Waals surface area contributed by atoms with Gasteiger partial charge in [0.05, 0.1) is 29.8 Å². The number of hydrogen-bond donors (Lipinski definition) is 2. The summed E-state index contributed by atoms with van der Waals surface area (Å²) in [6.07, 6.45) is 8.42. The van der Waals surface area contributed by atoms with E-state index in [1.807, 2.05) is 38.1 Å². The molecule has 0 aromatic carbocycles. The molecule has 3 aromatic rings. The van der Waals surface area contributed by atoms with Crippen LogP contribution in [0.5, 0.6) is 5.75 Å². The quantitative estimate of drug-likeness (QED) is 0.517. The van der Waals surface area contributed by atoms with Gasteiger partial charge in [-0.3, -0.25) is 14.7 Å². The van der Waals surface area contributed by atoms with Gasteiger partial charge in [-0.05, 0) is 51.3 Å². The van der Waals surface area contributed by atoms with Crippen LogP contribution >= 0.6 is 0 Å². The summed E-state index contributed by atoms with van der Waals surface area (Å²) >= 11 is 0. The maximum atomic E-state index is 13.0. The monoisotopic (exact) mass is 481 g/mol. The van der Waals surface area contributed by atoms with Crippen molar-refractivity contribution in [1.29, 1.82) is 0 Å². The molecule has 0 bridgehead atoms. The van der Waals surface area contributed by atoms with Crippen LogP contribution in [0.15, 0.2) is 49.1 Å². The highest BCUT2D eigenvalue weighted by atomic mass is 19.3. The van der Waals surface area contributed by atoms with Crippen LogP contribution in [0.3, 0.4) is 0 Å². The molecule has 5 rings (SSSR count). The van der Waals surface area contributed by atoms with Gasteiger partial charge in [0.1, 0.15) is 11.5 Å². The predicted octanol–water partition coefficient (Wildman–Crippen LogP) is 4.21. The fourth-order valence-electron chi connectivity index (χ4n) is 4.78. The zero-order valence-corrected chi connectivity index (χ0v) is 19.3. The standard InChI is InChI=1S/C24H25F2N7O2/c1-24(2)18-4-3-9-27-20(18)21(34)33(24)16-7-8-19(28-11-16)31-14-5-6-15(10-14)32-23-29-12-17(13-30-23)35-22(25)26/h3-4,7-9,11-15,22H,5-6,10H2,1-2H3,(H,28,31)(H,29,30,32)/t14-,15-/m0/s1. The highest BCUT2D eigenvalue weighted by molar-refractivity contribution is 6.10. The Morgan fingerprint density at radius 1 is 1.03 bits per heavy atom. The van der Waals surface area contributed by atoms with Crippen LogP contribution in [0.25, 0.3) is 0 Å². The summed E-state index contributed by atoms with van der Waals surface area (Å²) in [6.45, 7) is 1.09. The van der Waals surface area contributed by atoms with Crippen molar-refractivity contribution in [3.8, 4) is 5.75 Å². The van der Waals surface area contributed by atoms with Gasteiger partial charge in [-0.15, -0.1) is 0 Å². The van der Waals surface area contributed by atoms with Crippen LogP contribution in [0.4, 0.5) is 26.2 Å². The molecule has 0 saturated heterocycles. The van der Waals surface area contributed by atoms with Crippen molar-refractivity contribution in [2.24, 2.45) is 0 Å². The number of hydrogen-bond acceptors (Lipinski definition) is 8. The van der Waals surface area contributed by atoms with E-state index in [-0.39, 0.29) is 23.7 Å². The minimum absolute atomic E-state index is 0.0785. The maximum absolute atomic E-state index is 13.0. The number of amides is 1. The lowest BCUT2D eigenvalue weighted by molar-refractivity contribution is -0.0503. The van der Waals surface area contributed by atoms with Crippen LogP contribution in [0.2, 0.25) is 0 Å². The van der Waals surface area contributed by atoms with Gasteiger partial charge < -0.3 is 15.4 Å². The Hall–Kier alpha value is -3.89. The summed E-state index contributed by atoms with van der Waals surface area (Å²) in [6, 6.07) is 7.89. The largest absolute Gasteiger partial charge is 0.432 e. The molecule has 1 amide bonds. The predicted molar refractivity (Wildman–Crippen MR) is 126 cm³/mol. The van der Waals surface area contributed by atoms with Gasteiger partial charge in [0.15, 0.2) is 5.75 Å². The van der Waals surface area contributed by atoms with Crippen LogP contribution < -0.4 is 20.3 Å². The Morgan fingerprint density at radius 2 is 1.77 bits per heavy atom. The van der Waals surface area contributed by atoms with Crippen LogP contribution in [0.1, 0.15) is 49.2 Å². The average molecular weight is 482 g/mol. The van der Waals surface area contributed by atoms with Crippen molar-refractivity contribution in [1.82, 2.24) is 19.9 Å². The molecule has 2 atom stereocenters. The molecule has 11 heteroatoms. The number of anilines is 3. The molecule has 1 aliphatic carbocycles. The second-order valence-corrected chi connectivity index (χ2v) is 9.12. The van der Waals surface area contributed by atoms with E-state index in [0.29, 0.717) is 17.3 Å². The number of halogens is 2. The number of fused-ring (bicyclic) bond motifs is 1. The zero-order chi connectivity index (χ0) is 24.6. The minimum atomic E-state index is -2.91. The van der Waals surface area contributed by atoms with Gasteiger partial charge in [0, 0.05) is 23.8 Å². The molecular weight excluding hydrogens is 456 g/mol. The molecule has 2 aliphatic rings. The molecule has 1 saturated carbocycles. The van der Waals surface area contributed by atoms with E-state index >= 15 is 0 Å². The van der Waals surface area contributed by atoms with E-state index in [1.165, 1.54) is 12.4 Å². The Bertz CT molecular complexity index is 1210. The summed E-state index contributed by atoms with van der Waals surface area (Å²) in [5.41, 5.74) is 1.57. The lowest BCUT2D eigenvalue weighted by atomic mass is 9.96. The first-order chi connectivity index (χ1) is 16.8. The van der Waals surface area contributed by atoms with E-state index < -0.39 is 12.2 Å². The number of pyridine rings is 2. The molecule has 182 valence electrons. The van der Waals surface area contributed by atoms with Gasteiger partial charge in [0.2, 0.25) is 5.95 Å². The van der Waals surface area contributed by atoms with Crippen LogP contribution in [0, 0.1) is 0 Å². The summed E-state index contributed by atoms with van der Waals surface area (Å²) in [7, 11) is 0. The van der Waals surface area contributed by atoms with Crippen molar-refractivity contribution in [3.63, 3.8) is 0 Å². The molecule has 1 fully saturated rings. The third-order valence-electron chi connectivity index (χ3n) is 6.41. The average Bonchev–Trinajstić information content (AvgIpc) is 3.35. The second-order valence-electron chi connectivity index (χ2n) is 9.12. The first-order valence-corrected chi connectivity index (χ1v) is 11.4. The van der Waals surface area contributed by atoms with Crippen LogP contribution in [-0.2, 0) is 5.54 Å². The van der Waals surface area contributed by atoms with Crippen molar-refractivity contribution >= 4 is 23.4 Å². The van der Waals surface area contributed by atoms with Gasteiger partial charge in [0.25, 0.3) is 5.91 Å². The van der Waals surface area contributed by atoms with Crippen molar-refractivity contribution in [2.45, 2.75) is 57.3 Å². The lowest BCUT2D eigenvalue weighted by Gasteiger charge is -2.32. The zero-order valence-electron chi connectivity index (χ0n) is 19.3. The Kier molecular flexibility index (Phi) is 5.91. The number of nitrogens with zero attached hydrogens (tertiary/aromatic N) is 5. The molecule has 2 N–H and O–H groups in total. The van der Waals surface area contributed by atoms with Crippen molar-refractivity contribution in [2.75, 3.05) is 15.5 Å². The first kappa shape index (κ1) is 22.9. The fraction of sp³-hybridized carbons (Fsp3) is 0.375. The van der Waals surface area contributed by atoms with E-state index in [1.54, 1.807) is 17.3 Å². The molecule has 0 spiro atoms. The highest BCUT2D eigenvalue weighted by Gasteiger charge is 2.44. The Balaban J connectivity index is 1.18. The number of nitrogens with one attached hydrogen (secondary N) is 2. The third kappa shape index (κ3) is 4.58. The first-order valence-electron chi connectivity index (χ1n) is 11.4. The van der Waals surface area contributed by atoms with Gasteiger partial charge in [-0.1, -0.05) is 6.07 Å². The van der Waals surface area contributed by atoms with Crippen LogP contribution in [-0.4, -0.2) is 44.5 Å². The number of ether oxygens (including phenoxy) is 1. The maximum Gasteiger partial charge on any atom is 0.387 e. The second kappa shape index (κ2) is 9.05. The normalized spacial score (nSPS) is 20.7. The molecule has 4 heterocycles. The molecule has 1 aliphatic heterocycles. The van der Waals surface area contributed by atoms with Gasteiger partial charge >= 0.3 is 6.61 Å².